The first-order valence-corrected chi connectivity index (χ1v) is 6.49. The fourth-order valence-electron chi connectivity index (χ4n) is 1.65. The number of para-hydroxylation sites is 1. The molecular weight excluding hydrogens is 228 g/mol. The number of hydrogen-bond acceptors (Lipinski definition) is 2. The van der Waals surface area contributed by atoms with Gasteiger partial charge in [-0.1, -0.05) is 31.5 Å². The highest BCUT2D eigenvalue weighted by atomic mass is 16.3. The molecule has 100 valence electrons. The fourth-order valence-corrected chi connectivity index (χ4v) is 1.65. The minimum Gasteiger partial charge on any atom is -0.396 e. The smallest absolute Gasteiger partial charge is 0.321 e. The van der Waals surface area contributed by atoms with Crippen LogP contribution in [0.15, 0.2) is 30.3 Å². The molecule has 0 aliphatic rings. The predicted molar refractivity (Wildman–Crippen MR) is 73.6 cm³/mol. The maximum atomic E-state index is 12.1. The third kappa shape index (κ3) is 5.19. The average molecular weight is 250 g/mol. The molecule has 2 amide bonds. The molecule has 0 radical (unpaired) electrons. The van der Waals surface area contributed by atoms with Crippen molar-refractivity contribution in [2.75, 3.05) is 25.0 Å². The first-order chi connectivity index (χ1) is 8.77. The van der Waals surface area contributed by atoms with Gasteiger partial charge in [-0.25, -0.2) is 4.79 Å². The summed E-state index contributed by atoms with van der Waals surface area (Å²) in [5, 5.41) is 11.7. The van der Waals surface area contributed by atoms with Gasteiger partial charge in [-0.05, 0) is 25.0 Å². The molecule has 0 atom stereocenters. The van der Waals surface area contributed by atoms with Crippen molar-refractivity contribution in [1.29, 1.82) is 0 Å². The Morgan fingerprint density at radius 3 is 2.50 bits per heavy atom. The van der Waals surface area contributed by atoms with Gasteiger partial charge >= 0.3 is 6.03 Å². The molecule has 0 saturated heterocycles. The molecule has 0 heterocycles. The SMILES string of the molecule is CCCCN(CCCO)C(=O)Nc1ccccc1. The summed E-state index contributed by atoms with van der Waals surface area (Å²) in [4.78, 5) is 13.8. The van der Waals surface area contributed by atoms with E-state index in [1.807, 2.05) is 30.3 Å². The number of carbonyl (C=O) groups excluding carboxylic acids is 1. The van der Waals surface area contributed by atoms with Gasteiger partial charge in [0.1, 0.15) is 0 Å². The number of nitrogens with one attached hydrogen (secondary N) is 1. The van der Waals surface area contributed by atoms with Crippen LogP contribution in [-0.2, 0) is 0 Å². The third-order valence-corrected chi connectivity index (χ3v) is 2.68. The van der Waals surface area contributed by atoms with Crippen molar-refractivity contribution in [2.45, 2.75) is 26.2 Å². The Labute approximate surface area is 109 Å². The number of amides is 2. The number of aliphatic hydroxyl groups is 1. The van der Waals surface area contributed by atoms with Gasteiger partial charge in [-0.2, -0.15) is 0 Å². The van der Waals surface area contributed by atoms with E-state index in [0.29, 0.717) is 13.0 Å². The lowest BCUT2D eigenvalue weighted by Gasteiger charge is -2.22. The largest absolute Gasteiger partial charge is 0.396 e. The van der Waals surface area contributed by atoms with Gasteiger partial charge < -0.3 is 15.3 Å². The van der Waals surface area contributed by atoms with Crippen LogP contribution in [0.25, 0.3) is 0 Å². The van der Waals surface area contributed by atoms with Gasteiger partial charge in [-0.15, -0.1) is 0 Å². The lowest BCUT2D eigenvalue weighted by molar-refractivity contribution is 0.201. The van der Waals surface area contributed by atoms with E-state index in [4.69, 9.17) is 5.11 Å². The molecule has 18 heavy (non-hydrogen) atoms. The Hall–Kier alpha value is -1.55. The summed E-state index contributed by atoms with van der Waals surface area (Å²) in [5.41, 5.74) is 0.799. The van der Waals surface area contributed by atoms with Crippen LogP contribution in [-0.4, -0.2) is 35.7 Å². The van der Waals surface area contributed by atoms with E-state index in [0.717, 1.165) is 25.1 Å². The Morgan fingerprint density at radius 1 is 1.22 bits per heavy atom. The van der Waals surface area contributed by atoms with Crippen LogP contribution < -0.4 is 5.32 Å². The molecule has 0 spiro atoms. The second-order valence-corrected chi connectivity index (χ2v) is 4.21. The quantitative estimate of drug-likeness (QED) is 0.781. The minimum absolute atomic E-state index is 0.0944. The van der Waals surface area contributed by atoms with Gasteiger partial charge in [0.05, 0.1) is 0 Å². The van der Waals surface area contributed by atoms with Gasteiger partial charge in [0.15, 0.2) is 0 Å². The molecule has 4 nitrogen and oxygen atoms in total. The summed E-state index contributed by atoms with van der Waals surface area (Å²) in [6.07, 6.45) is 2.65. The Morgan fingerprint density at radius 2 is 1.89 bits per heavy atom. The zero-order chi connectivity index (χ0) is 13.2. The van der Waals surface area contributed by atoms with Crippen LogP contribution in [0.2, 0.25) is 0 Å². The van der Waals surface area contributed by atoms with Gasteiger partial charge in [0.2, 0.25) is 0 Å². The second kappa shape index (κ2) is 8.53. The van der Waals surface area contributed by atoms with E-state index < -0.39 is 0 Å². The molecule has 0 aromatic heterocycles. The average Bonchev–Trinajstić information content (AvgIpc) is 2.40. The number of urea groups is 1. The molecule has 2 N–H and O–H groups in total. The van der Waals surface area contributed by atoms with Crippen LogP contribution >= 0.6 is 0 Å². The molecule has 0 saturated carbocycles. The molecular formula is C14H22N2O2. The number of anilines is 1. The third-order valence-electron chi connectivity index (χ3n) is 2.68. The Kier molecular flexibility index (Phi) is 6.87. The first-order valence-electron chi connectivity index (χ1n) is 6.49. The summed E-state index contributed by atoms with van der Waals surface area (Å²) in [7, 11) is 0. The molecule has 0 unspecified atom stereocenters. The molecule has 1 rings (SSSR count). The number of hydrogen-bond donors (Lipinski definition) is 2. The van der Waals surface area contributed by atoms with Crippen molar-refractivity contribution in [3.63, 3.8) is 0 Å². The van der Waals surface area contributed by atoms with Crippen LogP contribution in [0.5, 0.6) is 0 Å². The maximum absolute atomic E-state index is 12.1. The van der Waals surface area contributed by atoms with Crippen molar-refractivity contribution >= 4 is 11.7 Å². The van der Waals surface area contributed by atoms with Crippen molar-refractivity contribution in [3.8, 4) is 0 Å². The number of carbonyl (C=O) groups is 1. The summed E-state index contributed by atoms with van der Waals surface area (Å²) < 4.78 is 0. The summed E-state index contributed by atoms with van der Waals surface area (Å²) in [5.74, 6) is 0. The number of unbranched alkanes of at least 4 members (excludes halogenated alkanes) is 1. The number of nitrogens with zero attached hydrogens (tertiary/aromatic N) is 1. The minimum atomic E-state index is -0.0944. The van der Waals surface area contributed by atoms with E-state index in [1.54, 1.807) is 4.90 Å². The highest BCUT2D eigenvalue weighted by Gasteiger charge is 2.12. The van der Waals surface area contributed by atoms with Crippen molar-refractivity contribution in [3.05, 3.63) is 30.3 Å². The zero-order valence-electron chi connectivity index (χ0n) is 10.9. The zero-order valence-corrected chi connectivity index (χ0v) is 10.9. The van der Waals surface area contributed by atoms with Crippen LogP contribution in [0, 0.1) is 0 Å². The van der Waals surface area contributed by atoms with Crippen molar-refractivity contribution in [1.82, 2.24) is 4.90 Å². The van der Waals surface area contributed by atoms with Gasteiger partial charge in [-0.3, -0.25) is 0 Å². The van der Waals surface area contributed by atoms with E-state index in [1.165, 1.54) is 0 Å². The van der Waals surface area contributed by atoms with Crippen molar-refractivity contribution in [2.24, 2.45) is 0 Å². The summed E-state index contributed by atoms with van der Waals surface area (Å²) in [6.45, 7) is 3.53. The molecule has 0 aliphatic carbocycles. The topological polar surface area (TPSA) is 52.6 Å². The van der Waals surface area contributed by atoms with Gasteiger partial charge in [0, 0.05) is 25.4 Å². The standard InChI is InChI=1S/C14H22N2O2/c1-2-3-10-16(11-7-12-17)14(18)15-13-8-5-4-6-9-13/h4-6,8-9,17H,2-3,7,10-12H2,1H3,(H,15,18). The van der Waals surface area contributed by atoms with Crippen molar-refractivity contribution < 1.29 is 9.90 Å². The second-order valence-electron chi connectivity index (χ2n) is 4.21. The highest BCUT2D eigenvalue weighted by molar-refractivity contribution is 5.89. The Balaban J connectivity index is 2.52. The number of rotatable bonds is 7. The lowest BCUT2D eigenvalue weighted by Crippen LogP contribution is -2.36. The first kappa shape index (κ1) is 14.5. The summed E-state index contributed by atoms with van der Waals surface area (Å²) in [6, 6.07) is 9.32. The van der Waals surface area contributed by atoms with Gasteiger partial charge in [0.25, 0.3) is 0 Å². The van der Waals surface area contributed by atoms with E-state index in [2.05, 4.69) is 12.2 Å². The molecule has 0 fully saturated rings. The molecule has 1 aromatic carbocycles. The highest BCUT2D eigenvalue weighted by Crippen LogP contribution is 2.07. The molecule has 4 heteroatoms. The molecule has 0 aliphatic heterocycles. The van der Waals surface area contributed by atoms with Crippen LogP contribution in [0.1, 0.15) is 26.2 Å². The van der Waals surface area contributed by atoms with E-state index >= 15 is 0 Å². The molecule has 1 aromatic rings. The fraction of sp³-hybridized carbons (Fsp3) is 0.500. The normalized spacial score (nSPS) is 10.1. The van der Waals surface area contributed by atoms with E-state index in [-0.39, 0.29) is 12.6 Å². The molecule has 0 bridgehead atoms. The monoisotopic (exact) mass is 250 g/mol. The Bertz CT molecular complexity index is 333. The maximum Gasteiger partial charge on any atom is 0.321 e. The summed E-state index contributed by atoms with van der Waals surface area (Å²) >= 11 is 0. The predicted octanol–water partition coefficient (Wildman–Crippen LogP) is 2.70. The van der Waals surface area contributed by atoms with Crippen LogP contribution in [0.3, 0.4) is 0 Å². The lowest BCUT2D eigenvalue weighted by atomic mass is 10.3. The number of aliphatic hydroxyl groups excluding tert-OH is 1. The van der Waals surface area contributed by atoms with Crippen LogP contribution in [0.4, 0.5) is 10.5 Å². The van der Waals surface area contributed by atoms with E-state index in [9.17, 15) is 4.79 Å². The number of benzene rings is 1.